The van der Waals surface area contributed by atoms with Gasteiger partial charge in [-0.2, -0.15) is 0 Å². The first-order valence-corrected chi connectivity index (χ1v) is 11.6. The van der Waals surface area contributed by atoms with Gasteiger partial charge in [0.2, 0.25) is 0 Å². The Morgan fingerprint density at radius 1 is 1.38 bits per heavy atom. The maximum absolute atomic E-state index is 12.7. The summed E-state index contributed by atoms with van der Waals surface area (Å²) in [5, 5.41) is 0.870. The second-order valence-corrected chi connectivity index (χ2v) is 9.85. The summed E-state index contributed by atoms with van der Waals surface area (Å²) in [5.41, 5.74) is 2.58. The molecular formula is C25H24BrNO5. The van der Waals surface area contributed by atoms with E-state index < -0.39 is 0 Å². The molecule has 1 aliphatic carbocycles. The van der Waals surface area contributed by atoms with E-state index >= 15 is 0 Å². The number of hydrogen-bond acceptors (Lipinski definition) is 6. The molecule has 3 aliphatic rings. The number of rotatable bonds is 3. The smallest absolute Gasteiger partial charge is 0.338 e. The molecule has 0 N–H and O–H groups in total. The van der Waals surface area contributed by atoms with Crippen molar-refractivity contribution in [2.75, 3.05) is 6.61 Å². The zero-order valence-electron chi connectivity index (χ0n) is 17.8. The van der Waals surface area contributed by atoms with Crippen molar-refractivity contribution >= 4 is 38.8 Å². The lowest BCUT2D eigenvalue weighted by Gasteiger charge is -2.20. The summed E-state index contributed by atoms with van der Waals surface area (Å²) >= 11 is 3.41. The average molecular weight is 498 g/mol. The lowest BCUT2D eigenvalue weighted by atomic mass is 9.84. The third kappa shape index (κ3) is 3.99. The Bertz CT molecular complexity index is 1160. The minimum Gasteiger partial charge on any atom is -0.458 e. The van der Waals surface area contributed by atoms with Crippen LogP contribution in [0.1, 0.15) is 43.0 Å². The average Bonchev–Trinajstić information content (AvgIpc) is 3.36. The summed E-state index contributed by atoms with van der Waals surface area (Å²) in [6.07, 6.45) is 6.60. The van der Waals surface area contributed by atoms with Crippen molar-refractivity contribution in [3.63, 3.8) is 0 Å². The summed E-state index contributed by atoms with van der Waals surface area (Å²) in [6.45, 7) is 6.22. The second kappa shape index (κ2) is 8.12. The van der Waals surface area contributed by atoms with Gasteiger partial charge >= 0.3 is 11.9 Å². The van der Waals surface area contributed by atoms with Crippen LogP contribution in [0, 0.1) is 5.92 Å². The van der Waals surface area contributed by atoms with Gasteiger partial charge < -0.3 is 14.2 Å². The normalized spacial score (nSPS) is 31.2. The van der Waals surface area contributed by atoms with Crippen molar-refractivity contribution in [2.45, 2.75) is 50.4 Å². The van der Waals surface area contributed by atoms with Crippen LogP contribution in [0.15, 0.2) is 58.7 Å². The van der Waals surface area contributed by atoms with Crippen LogP contribution in [0.5, 0.6) is 0 Å². The number of allylic oxidation sites excluding steroid dienone is 1. The zero-order valence-corrected chi connectivity index (χ0v) is 19.4. The number of nitrogens with zero attached hydrogens (tertiary/aromatic N) is 1. The molecule has 32 heavy (non-hydrogen) atoms. The minimum absolute atomic E-state index is 0.0640. The molecule has 6 nitrogen and oxygen atoms in total. The van der Waals surface area contributed by atoms with E-state index in [0.717, 1.165) is 33.8 Å². The molecule has 0 saturated carbocycles. The predicted octanol–water partition coefficient (Wildman–Crippen LogP) is 4.91. The van der Waals surface area contributed by atoms with Gasteiger partial charge in [-0.15, -0.1) is 0 Å². The first-order chi connectivity index (χ1) is 15.3. The molecule has 0 unspecified atom stereocenters. The van der Waals surface area contributed by atoms with Crippen LogP contribution in [-0.2, 0) is 19.0 Å². The Morgan fingerprint density at radius 3 is 3.06 bits per heavy atom. The molecule has 3 heterocycles. The molecular weight excluding hydrogens is 474 g/mol. The van der Waals surface area contributed by atoms with Gasteiger partial charge in [-0.3, -0.25) is 4.98 Å². The molecule has 7 heteroatoms. The van der Waals surface area contributed by atoms with Crippen molar-refractivity contribution < 1.29 is 23.8 Å². The molecule has 0 radical (unpaired) electrons. The first kappa shape index (κ1) is 21.3. The minimum atomic E-state index is -0.371. The van der Waals surface area contributed by atoms with E-state index in [9.17, 15) is 9.59 Å². The van der Waals surface area contributed by atoms with E-state index in [1.807, 2.05) is 12.1 Å². The highest BCUT2D eigenvalue weighted by atomic mass is 79.9. The van der Waals surface area contributed by atoms with Crippen LogP contribution < -0.4 is 0 Å². The van der Waals surface area contributed by atoms with Gasteiger partial charge in [0.15, 0.2) is 0 Å². The molecule has 166 valence electrons. The van der Waals surface area contributed by atoms with Crippen LogP contribution in [-0.4, -0.2) is 41.3 Å². The van der Waals surface area contributed by atoms with Crippen LogP contribution in [0.4, 0.5) is 0 Å². The Kier molecular flexibility index (Phi) is 5.42. The molecule has 2 aliphatic heterocycles. The lowest BCUT2D eigenvalue weighted by molar-refractivity contribution is -0.140. The summed E-state index contributed by atoms with van der Waals surface area (Å²) in [6, 6.07) is 7.26. The summed E-state index contributed by atoms with van der Waals surface area (Å²) < 4.78 is 18.0. The van der Waals surface area contributed by atoms with E-state index in [4.69, 9.17) is 14.2 Å². The van der Waals surface area contributed by atoms with E-state index in [1.54, 1.807) is 18.3 Å². The number of epoxide rings is 1. The number of halogens is 1. The van der Waals surface area contributed by atoms with Crippen molar-refractivity contribution in [1.82, 2.24) is 4.98 Å². The number of benzene rings is 1. The fourth-order valence-corrected chi connectivity index (χ4v) is 5.07. The monoisotopic (exact) mass is 497 g/mol. The Hall–Kier alpha value is -2.51. The second-order valence-electron chi connectivity index (χ2n) is 8.93. The van der Waals surface area contributed by atoms with Crippen molar-refractivity contribution in [3.05, 3.63) is 64.3 Å². The summed E-state index contributed by atoms with van der Waals surface area (Å²) in [5.74, 6) is -0.770. The highest BCUT2D eigenvalue weighted by Gasteiger charge is 2.61. The van der Waals surface area contributed by atoms with Gasteiger partial charge in [-0.1, -0.05) is 12.7 Å². The molecule has 0 bridgehead atoms. The molecule has 2 aromatic rings. The number of fused-ring (bicyclic) bond motifs is 4. The molecule has 1 aromatic carbocycles. The van der Waals surface area contributed by atoms with Gasteiger partial charge in [0.1, 0.15) is 18.8 Å². The molecule has 0 amide bonds. The molecule has 4 atom stereocenters. The Labute approximate surface area is 194 Å². The van der Waals surface area contributed by atoms with E-state index in [2.05, 4.69) is 40.5 Å². The van der Waals surface area contributed by atoms with Crippen LogP contribution in [0.25, 0.3) is 10.9 Å². The highest BCUT2D eigenvalue weighted by Crippen LogP contribution is 2.49. The van der Waals surface area contributed by atoms with Crippen molar-refractivity contribution in [3.8, 4) is 0 Å². The van der Waals surface area contributed by atoms with E-state index in [-0.39, 0.29) is 42.3 Å². The number of hydrogen-bond donors (Lipinski definition) is 0. The molecule has 0 spiro atoms. The number of carbonyl (C=O) groups excluding carboxylic acids is 2. The van der Waals surface area contributed by atoms with E-state index in [0.29, 0.717) is 24.0 Å². The fraction of sp³-hybridized carbons (Fsp3) is 0.400. The maximum Gasteiger partial charge on any atom is 0.338 e. The van der Waals surface area contributed by atoms with Crippen LogP contribution in [0.3, 0.4) is 0 Å². The van der Waals surface area contributed by atoms with E-state index in [1.165, 1.54) is 0 Å². The SMILES string of the molecule is C=C1C(=O)O[C@H]2[C@H]1CC/C(COC(=O)c1ccc3ncc(Br)cc3c1)=C\CC[C@@]1(C)O[C@@H]21. The predicted molar refractivity (Wildman–Crippen MR) is 122 cm³/mol. The van der Waals surface area contributed by atoms with Gasteiger partial charge in [-0.25, -0.2) is 9.59 Å². The standard InChI is InChI=1S/C25H24BrNO5/c1-14-19-7-5-15(4-3-9-25(2)22(32-25)21(19)31-23(14)28)13-30-24(29)16-6-8-20-17(10-16)11-18(26)12-27-20/h4,6,8,10-12,19,21-22H,1,3,5,7,9,13H2,2H3/b15-4+/t19-,21-,22-,25+/m0/s1. The molecule has 2 saturated heterocycles. The van der Waals surface area contributed by atoms with Crippen molar-refractivity contribution in [1.29, 1.82) is 0 Å². The first-order valence-electron chi connectivity index (χ1n) is 10.8. The van der Waals surface area contributed by atoms with Gasteiger partial charge in [0.25, 0.3) is 0 Å². The van der Waals surface area contributed by atoms with Crippen molar-refractivity contribution in [2.24, 2.45) is 5.92 Å². The quantitative estimate of drug-likeness (QED) is 0.259. The summed E-state index contributed by atoms with van der Waals surface area (Å²) in [7, 11) is 0. The fourth-order valence-electron chi connectivity index (χ4n) is 4.72. The maximum atomic E-state index is 12.7. The highest BCUT2D eigenvalue weighted by molar-refractivity contribution is 9.10. The van der Waals surface area contributed by atoms with Gasteiger partial charge in [0, 0.05) is 27.5 Å². The Balaban J connectivity index is 1.28. The number of carbonyl (C=O) groups is 2. The summed E-state index contributed by atoms with van der Waals surface area (Å²) in [4.78, 5) is 29.1. The van der Waals surface area contributed by atoms with Crippen LogP contribution in [0.2, 0.25) is 0 Å². The number of pyridine rings is 1. The zero-order chi connectivity index (χ0) is 22.5. The molecule has 2 fully saturated rings. The molecule has 5 rings (SSSR count). The third-order valence-corrected chi connectivity index (χ3v) is 7.14. The third-order valence-electron chi connectivity index (χ3n) is 6.71. The molecule has 1 aromatic heterocycles. The van der Waals surface area contributed by atoms with Crippen LogP contribution >= 0.6 is 15.9 Å². The number of esters is 2. The Morgan fingerprint density at radius 2 is 2.22 bits per heavy atom. The number of ether oxygens (including phenoxy) is 3. The topological polar surface area (TPSA) is 78.0 Å². The van der Waals surface area contributed by atoms with Gasteiger partial charge in [0.05, 0.1) is 16.7 Å². The van der Waals surface area contributed by atoms with Gasteiger partial charge in [-0.05, 0) is 78.4 Å². The number of aromatic nitrogens is 1. The largest absolute Gasteiger partial charge is 0.458 e. The lowest BCUT2D eigenvalue weighted by Crippen LogP contribution is -2.29.